The third kappa shape index (κ3) is 6.48. The van der Waals surface area contributed by atoms with Gasteiger partial charge in [-0.15, -0.1) is 6.42 Å². The predicted octanol–water partition coefficient (Wildman–Crippen LogP) is 2.63. The van der Waals surface area contributed by atoms with Crippen molar-refractivity contribution < 1.29 is 14.7 Å². The van der Waals surface area contributed by atoms with Gasteiger partial charge in [0.25, 0.3) is 0 Å². The lowest BCUT2D eigenvalue weighted by Gasteiger charge is -2.13. The Morgan fingerprint density at radius 3 is 2.81 bits per heavy atom. The van der Waals surface area contributed by atoms with Crippen molar-refractivity contribution in [2.75, 3.05) is 5.32 Å². The predicted molar refractivity (Wildman–Crippen MR) is 82.1 cm³/mol. The highest BCUT2D eigenvalue weighted by molar-refractivity contribution is 5.89. The summed E-state index contributed by atoms with van der Waals surface area (Å²) < 4.78 is 0. The first-order valence-electron chi connectivity index (χ1n) is 6.89. The van der Waals surface area contributed by atoms with Crippen LogP contribution >= 0.6 is 0 Å². The molecule has 2 amide bonds. The number of aliphatic carboxylic acids is 1. The van der Waals surface area contributed by atoms with Crippen LogP contribution < -0.4 is 10.6 Å². The summed E-state index contributed by atoms with van der Waals surface area (Å²) >= 11 is 0. The maximum absolute atomic E-state index is 11.8. The molecular formula is C16H20N2O3. The molecule has 1 aromatic carbocycles. The van der Waals surface area contributed by atoms with E-state index in [4.69, 9.17) is 11.5 Å². The number of rotatable bonds is 7. The van der Waals surface area contributed by atoms with Crippen LogP contribution in [0, 0.1) is 12.3 Å². The largest absolute Gasteiger partial charge is 0.481 e. The van der Waals surface area contributed by atoms with Crippen LogP contribution in [0.3, 0.4) is 0 Å². The molecule has 0 bridgehead atoms. The quantitative estimate of drug-likeness (QED) is 0.675. The smallest absolute Gasteiger partial charge is 0.320 e. The zero-order valence-corrected chi connectivity index (χ0v) is 12.1. The van der Waals surface area contributed by atoms with E-state index in [2.05, 4.69) is 16.6 Å². The van der Waals surface area contributed by atoms with Gasteiger partial charge in [0.05, 0.1) is 6.04 Å². The highest BCUT2D eigenvalue weighted by Gasteiger charge is 2.09. The molecule has 0 saturated heterocycles. The van der Waals surface area contributed by atoms with E-state index in [1.54, 1.807) is 18.2 Å². The number of carbonyl (C=O) groups is 2. The highest BCUT2D eigenvalue weighted by atomic mass is 16.4. The first-order chi connectivity index (χ1) is 10.0. The summed E-state index contributed by atoms with van der Waals surface area (Å²) in [5.74, 6) is 1.68. The van der Waals surface area contributed by atoms with Gasteiger partial charge >= 0.3 is 12.0 Å². The molecular weight excluding hydrogens is 268 g/mol. The number of anilines is 1. The van der Waals surface area contributed by atoms with Crippen LogP contribution in [0.2, 0.25) is 0 Å². The fourth-order valence-electron chi connectivity index (χ4n) is 1.87. The molecule has 0 radical (unpaired) electrons. The van der Waals surface area contributed by atoms with Crippen LogP contribution in [0.4, 0.5) is 10.5 Å². The Morgan fingerprint density at radius 2 is 2.19 bits per heavy atom. The monoisotopic (exact) mass is 288 g/mol. The van der Waals surface area contributed by atoms with Gasteiger partial charge in [0.15, 0.2) is 0 Å². The zero-order chi connectivity index (χ0) is 15.7. The van der Waals surface area contributed by atoms with Crippen molar-refractivity contribution in [3.05, 3.63) is 29.8 Å². The van der Waals surface area contributed by atoms with E-state index in [1.165, 1.54) is 0 Å². The van der Waals surface area contributed by atoms with Crippen molar-refractivity contribution in [1.29, 1.82) is 0 Å². The fraction of sp³-hybridized carbons (Fsp3) is 0.375. The minimum Gasteiger partial charge on any atom is -0.481 e. The lowest BCUT2D eigenvalue weighted by Crippen LogP contribution is -2.36. The Kier molecular flexibility index (Phi) is 6.82. The summed E-state index contributed by atoms with van der Waals surface area (Å²) in [4.78, 5) is 22.4. The lowest BCUT2D eigenvalue weighted by atomic mass is 10.1. The van der Waals surface area contributed by atoms with E-state index in [0.29, 0.717) is 12.1 Å². The minimum absolute atomic E-state index is 0.0608. The Morgan fingerprint density at radius 1 is 1.43 bits per heavy atom. The van der Waals surface area contributed by atoms with Gasteiger partial charge in [0.1, 0.15) is 0 Å². The van der Waals surface area contributed by atoms with Crippen LogP contribution in [0.5, 0.6) is 0 Å². The molecule has 0 spiro atoms. The number of carboxylic acids is 1. The molecule has 1 aromatic rings. The number of terminal acetylenes is 1. The van der Waals surface area contributed by atoms with Crippen LogP contribution in [0.15, 0.2) is 24.3 Å². The van der Waals surface area contributed by atoms with Crippen molar-refractivity contribution in [2.24, 2.45) is 0 Å². The normalized spacial score (nSPS) is 11.2. The van der Waals surface area contributed by atoms with Gasteiger partial charge in [-0.1, -0.05) is 31.4 Å². The van der Waals surface area contributed by atoms with Crippen LogP contribution in [-0.2, 0) is 11.2 Å². The number of urea groups is 1. The summed E-state index contributed by atoms with van der Waals surface area (Å²) in [5.41, 5.74) is 1.47. The maximum Gasteiger partial charge on any atom is 0.320 e. The number of aryl methyl sites for hydroxylation is 1. The second kappa shape index (κ2) is 8.64. The molecule has 0 aliphatic carbocycles. The van der Waals surface area contributed by atoms with E-state index in [1.807, 2.05) is 13.0 Å². The molecule has 0 saturated carbocycles. The second-order valence-corrected chi connectivity index (χ2v) is 4.70. The summed E-state index contributed by atoms with van der Waals surface area (Å²) in [6, 6.07) is 6.46. The van der Waals surface area contributed by atoms with Crippen LogP contribution in [0.1, 0.15) is 31.7 Å². The van der Waals surface area contributed by atoms with E-state index >= 15 is 0 Å². The first kappa shape index (κ1) is 16.6. The molecule has 5 nitrogen and oxygen atoms in total. The molecule has 5 heteroatoms. The van der Waals surface area contributed by atoms with Crippen LogP contribution in [0.25, 0.3) is 0 Å². The summed E-state index contributed by atoms with van der Waals surface area (Å²) in [7, 11) is 0. The van der Waals surface area contributed by atoms with E-state index in [9.17, 15) is 9.59 Å². The van der Waals surface area contributed by atoms with Crippen molar-refractivity contribution in [3.63, 3.8) is 0 Å². The molecule has 112 valence electrons. The lowest BCUT2D eigenvalue weighted by molar-refractivity contribution is -0.136. The maximum atomic E-state index is 11.8. The van der Waals surface area contributed by atoms with Crippen molar-refractivity contribution in [1.82, 2.24) is 5.32 Å². The molecule has 21 heavy (non-hydrogen) atoms. The number of benzene rings is 1. The molecule has 0 heterocycles. The van der Waals surface area contributed by atoms with Gasteiger partial charge in [-0.3, -0.25) is 4.79 Å². The highest BCUT2D eigenvalue weighted by Crippen LogP contribution is 2.12. The Bertz CT molecular complexity index is 535. The number of amides is 2. The molecule has 0 fully saturated rings. The number of carboxylic acid groups (broad SMARTS) is 1. The van der Waals surface area contributed by atoms with Gasteiger partial charge < -0.3 is 15.7 Å². The zero-order valence-electron chi connectivity index (χ0n) is 12.1. The Balaban J connectivity index is 2.58. The molecule has 1 unspecified atom stereocenters. The van der Waals surface area contributed by atoms with E-state index < -0.39 is 5.97 Å². The Labute approximate surface area is 124 Å². The standard InChI is InChI=1S/C16H20N2O3/c1-3-6-13(4-2)17-16(21)18-14-8-5-7-12(11-14)9-10-15(19)20/h2,5,7-8,11,13H,3,6,9-10H2,1H3,(H,19,20)(H2,17,18,21). The van der Waals surface area contributed by atoms with Gasteiger partial charge in [0.2, 0.25) is 0 Å². The average molecular weight is 288 g/mol. The third-order valence-corrected chi connectivity index (χ3v) is 2.90. The fourth-order valence-corrected chi connectivity index (χ4v) is 1.87. The van der Waals surface area contributed by atoms with Gasteiger partial charge in [-0.25, -0.2) is 4.79 Å². The average Bonchev–Trinajstić information content (AvgIpc) is 2.45. The van der Waals surface area contributed by atoms with Gasteiger partial charge in [0, 0.05) is 12.1 Å². The molecule has 0 aliphatic rings. The number of carbonyl (C=O) groups excluding carboxylic acids is 1. The summed E-state index contributed by atoms with van der Waals surface area (Å²) in [5, 5.41) is 14.1. The number of hydrogen-bond acceptors (Lipinski definition) is 2. The molecule has 0 aromatic heterocycles. The van der Waals surface area contributed by atoms with Gasteiger partial charge in [-0.2, -0.15) is 0 Å². The minimum atomic E-state index is -0.845. The van der Waals surface area contributed by atoms with Crippen molar-refractivity contribution >= 4 is 17.7 Å². The van der Waals surface area contributed by atoms with Crippen molar-refractivity contribution in [2.45, 2.75) is 38.6 Å². The molecule has 3 N–H and O–H groups in total. The molecule has 1 rings (SSSR count). The SMILES string of the molecule is C#CC(CCC)NC(=O)Nc1cccc(CCC(=O)O)c1. The first-order valence-corrected chi connectivity index (χ1v) is 6.89. The second-order valence-electron chi connectivity index (χ2n) is 4.70. The van der Waals surface area contributed by atoms with E-state index in [-0.39, 0.29) is 18.5 Å². The Hall–Kier alpha value is -2.48. The van der Waals surface area contributed by atoms with Gasteiger partial charge in [-0.05, 0) is 30.5 Å². The summed E-state index contributed by atoms with van der Waals surface area (Å²) in [6.07, 6.45) is 7.44. The number of hydrogen-bond donors (Lipinski definition) is 3. The van der Waals surface area contributed by atoms with Crippen molar-refractivity contribution in [3.8, 4) is 12.3 Å². The number of nitrogens with one attached hydrogen (secondary N) is 2. The third-order valence-electron chi connectivity index (χ3n) is 2.90. The topological polar surface area (TPSA) is 78.4 Å². The van der Waals surface area contributed by atoms with E-state index in [0.717, 1.165) is 18.4 Å². The molecule has 1 atom stereocenters. The summed E-state index contributed by atoms with van der Waals surface area (Å²) in [6.45, 7) is 2.00. The molecule has 0 aliphatic heterocycles. The van der Waals surface area contributed by atoms with Crippen LogP contribution in [-0.4, -0.2) is 23.1 Å².